The highest BCUT2D eigenvalue weighted by molar-refractivity contribution is 5.94. The summed E-state index contributed by atoms with van der Waals surface area (Å²) in [6, 6.07) is 15.4. The van der Waals surface area contributed by atoms with E-state index in [1.165, 1.54) is 29.5 Å². The number of hydrogen-bond acceptors (Lipinski definition) is 2. The number of rotatable bonds is 7. The van der Waals surface area contributed by atoms with Gasteiger partial charge in [-0.15, -0.1) is 0 Å². The smallest absolute Gasteiger partial charge is 0.238 e. The van der Waals surface area contributed by atoms with Crippen LogP contribution in [-0.4, -0.2) is 23.4 Å². The molecule has 138 valence electrons. The summed E-state index contributed by atoms with van der Waals surface area (Å²) in [6.45, 7) is 9.78. The van der Waals surface area contributed by atoms with Crippen molar-refractivity contribution in [2.24, 2.45) is 0 Å². The van der Waals surface area contributed by atoms with Crippen molar-refractivity contribution in [3.63, 3.8) is 0 Å². The zero-order valence-corrected chi connectivity index (χ0v) is 16.4. The number of anilines is 1. The minimum Gasteiger partial charge on any atom is -0.324 e. The molecule has 0 radical (unpaired) electrons. The predicted molar refractivity (Wildman–Crippen MR) is 109 cm³/mol. The molecule has 0 aromatic heterocycles. The molecular weight excluding hydrogens is 320 g/mol. The van der Waals surface area contributed by atoms with Gasteiger partial charge in [-0.25, -0.2) is 0 Å². The standard InChI is InChI=1S/C23H30N2O/c1-16(2)21-7-5-6-18(4)23(21)24-22(26)15-25(20-12-13-20)14-19-10-8-17(3)9-11-19/h5-11,16,20H,12-15H2,1-4H3,(H,24,26). The third-order valence-corrected chi connectivity index (χ3v) is 5.11. The van der Waals surface area contributed by atoms with Crippen molar-refractivity contribution >= 4 is 11.6 Å². The van der Waals surface area contributed by atoms with E-state index in [0.717, 1.165) is 17.8 Å². The zero-order valence-electron chi connectivity index (χ0n) is 16.4. The highest BCUT2D eigenvalue weighted by Crippen LogP contribution is 2.30. The Kier molecular flexibility index (Phi) is 5.77. The molecular formula is C23H30N2O. The Labute approximate surface area is 157 Å². The van der Waals surface area contributed by atoms with E-state index in [9.17, 15) is 4.79 Å². The van der Waals surface area contributed by atoms with Crippen LogP contribution in [-0.2, 0) is 11.3 Å². The number of amides is 1. The lowest BCUT2D eigenvalue weighted by molar-refractivity contribution is -0.117. The van der Waals surface area contributed by atoms with Gasteiger partial charge in [0.05, 0.1) is 6.54 Å². The van der Waals surface area contributed by atoms with Gasteiger partial charge in [-0.05, 0) is 49.3 Å². The molecule has 2 aromatic carbocycles. The van der Waals surface area contributed by atoms with Crippen LogP contribution in [0.25, 0.3) is 0 Å². The quantitative estimate of drug-likeness (QED) is 0.759. The Morgan fingerprint density at radius 3 is 2.42 bits per heavy atom. The Bertz CT molecular complexity index is 760. The van der Waals surface area contributed by atoms with Gasteiger partial charge in [-0.3, -0.25) is 9.69 Å². The molecule has 1 saturated carbocycles. The maximum absolute atomic E-state index is 12.8. The summed E-state index contributed by atoms with van der Waals surface area (Å²) in [4.78, 5) is 15.1. The Hall–Kier alpha value is -2.13. The fraction of sp³-hybridized carbons (Fsp3) is 0.435. The van der Waals surface area contributed by atoms with Crippen LogP contribution in [0.5, 0.6) is 0 Å². The largest absolute Gasteiger partial charge is 0.324 e. The van der Waals surface area contributed by atoms with Crippen LogP contribution >= 0.6 is 0 Å². The summed E-state index contributed by atoms with van der Waals surface area (Å²) < 4.78 is 0. The molecule has 3 nitrogen and oxygen atoms in total. The van der Waals surface area contributed by atoms with Crippen molar-refractivity contribution in [3.8, 4) is 0 Å². The summed E-state index contributed by atoms with van der Waals surface area (Å²) in [5, 5.41) is 3.19. The van der Waals surface area contributed by atoms with E-state index in [0.29, 0.717) is 18.5 Å². The van der Waals surface area contributed by atoms with E-state index in [1.54, 1.807) is 0 Å². The number of nitrogens with zero attached hydrogens (tertiary/aromatic N) is 1. The van der Waals surface area contributed by atoms with Crippen LogP contribution in [0.1, 0.15) is 54.9 Å². The monoisotopic (exact) mass is 350 g/mol. The average molecular weight is 351 g/mol. The van der Waals surface area contributed by atoms with E-state index >= 15 is 0 Å². The lowest BCUT2D eigenvalue weighted by Gasteiger charge is -2.23. The van der Waals surface area contributed by atoms with Gasteiger partial charge in [-0.2, -0.15) is 0 Å². The molecule has 0 aliphatic heterocycles. The van der Waals surface area contributed by atoms with Crippen molar-refractivity contribution in [1.29, 1.82) is 0 Å². The summed E-state index contributed by atoms with van der Waals surface area (Å²) in [6.07, 6.45) is 2.39. The molecule has 1 N–H and O–H groups in total. The molecule has 1 amide bonds. The van der Waals surface area contributed by atoms with Crippen LogP contribution in [0.3, 0.4) is 0 Å². The average Bonchev–Trinajstić information content (AvgIpc) is 3.43. The number of carbonyl (C=O) groups excluding carboxylic acids is 1. The molecule has 26 heavy (non-hydrogen) atoms. The zero-order chi connectivity index (χ0) is 18.7. The summed E-state index contributed by atoms with van der Waals surface area (Å²) in [7, 11) is 0. The number of hydrogen-bond donors (Lipinski definition) is 1. The summed E-state index contributed by atoms with van der Waals surface area (Å²) in [5.74, 6) is 0.470. The number of nitrogens with one attached hydrogen (secondary N) is 1. The molecule has 0 bridgehead atoms. The van der Waals surface area contributed by atoms with Crippen LogP contribution < -0.4 is 5.32 Å². The van der Waals surface area contributed by atoms with Gasteiger partial charge in [-0.1, -0.05) is 61.9 Å². The second-order valence-electron chi connectivity index (χ2n) is 7.86. The Morgan fingerprint density at radius 2 is 1.81 bits per heavy atom. The normalized spacial score (nSPS) is 14.1. The third kappa shape index (κ3) is 4.73. The molecule has 0 atom stereocenters. The Morgan fingerprint density at radius 1 is 1.12 bits per heavy atom. The topological polar surface area (TPSA) is 32.3 Å². The molecule has 0 spiro atoms. The molecule has 0 heterocycles. The molecule has 3 rings (SSSR count). The van der Waals surface area contributed by atoms with Crippen molar-refractivity contribution in [3.05, 3.63) is 64.7 Å². The van der Waals surface area contributed by atoms with E-state index < -0.39 is 0 Å². The molecule has 1 aliphatic rings. The Balaban J connectivity index is 1.69. The van der Waals surface area contributed by atoms with Crippen LogP contribution in [0.2, 0.25) is 0 Å². The molecule has 0 saturated heterocycles. The van der Waals surface area contributed by atoms with Crippen molar-refractivity contribution in [2.75, 3.05) is 11.9 Å². The first kappa shape index (κ1) is 18.7. The second-order valence-corrected chi connectivity index (χ2v) is 7.86. The minimum absolute atomic E-state index is 0.0835. The number of para-hydroxylation sites is 1. The first-order valence-corrected chi connectivity index (χ1v) is 9.63. The van der Waals surface area contributed by atoms with Crippen molar-refractivity contribution in [1.82, 2.24) is 4.90 Å². The van der Waals surface area contributed by atoms with Crippen molar-refractivity contribution < 1.29 is 4.79 Å². The van der Waals surface area contributed by atoms with Gasteiger partial charge >= 0.3 is 0 Å². The number of carbonyl (C=O) groups is 1. The van der Waals surface area contributed by atoms with E-state index in [-0.39, 0.29) is 5.91 Å². The summed E-state index contributed by atoms with van der Waals surface area (Å²) >= 11 is 0. The van der Waals surface area contributed by atoms with Crippen LogP contribution in [0.4, 0.5) is 5.69 Å². The van der Waals surface area contributed by atoms with Crippen LogP contribution in [0.15, 0.2) is 42.5 Å². The molecule has 2 aromatic rings. The fourth-order valence-corrected chi connectivity index (χ4v) is 3.39. The lowest BCUT2D eigenvalue weighted by atomic mass is 9.98. The molecule has 3 heteroatoms. The predicted octanol–water partition coefficient (Wildman–Crippen LogP) is 5.03. The van der Waals surface area contributed by atoms with Gasteiger partial charge in [0.1, 0.15) is 0 Å². The highest BCUT2D eigenvalue weighted by Gasteiger charge is 2.30. The van der Waals surface area contributed by atoms with Gasteiger partial charge in [0, 0.05) is 18.3 Å². The fourth-order valence-electron chi connectivity index (χ4n) is 3.39. The SMILES string of the molecule is Cc1ccc(CN(CC(=O)Nc2c(C)cccc2C(C)C)C2CC2)cc1. The first-order chi connectivity index (χ1) is 12.4. The third-order valence-electron chi connectivity index (χ3n) is 5.11. The van der Waals surface area contributed by atoms with E-state index in [4.69, 9.17) is 0 Å². The summed E-state index contributed by atoms with van der Waals surface area (Å²) in [5.41, 5.74) is 5.86. The number of benzene rings is 2. The first-order valence-electron chi connectivity index (χ1n) is 9.63. The van der Waals surface area contributed by atoms with Crippen molar-refractivity contribution in [2.45, 2.75) is 59.0 Å². The van der Waals surface area contributed by atoms with Crippen LogP contribution in [0, 0.1) is 13.8 Å². The molecule has 0 unspecified atom stereocenters. The van der Waals surface area contributed by atoms with Gasteiger partial charge in [0.2, 0.25) is 5.91 Å². The lowest BCUT2D eigenvalue weighted by Crippen LogP contribution is -2.34. The van der Waals surface area contributed by atoms with E-state index in [2.05, 4.69) is 80.4 Å². The second kappa shape index (κ2) is 8.05. The maximum Gasteiger partial charge on any atom is 0.238 e. The van der Waals surface area contributed by atoms with Gasteiger partial charge in [0.15, 0.2) is 0 Å². The highest BCUT2D eigenvalue weighted by atomic mass is 16.2. The van der Waals surface area contributed by atoms with E-state index in [1.807, 2.05) is 0 Å². The minimum atomic E-state index is 0.0835. The molecule has 1 aliphatic carbocycles. The number of aryl methyl sites for hydroxylation is 2. The van der Waals surface area contributed by atoms with Gasteiger partial charge < -0.3 is 5.32 Å². The molecule has 1 fully saturated rings. The van der Waals surface area contributed by atoms with Gasteiger partial charge in [0.25, 0.3) is 0 Å². The maximum atomic E-state index is 12.8.